The highest BCUT2D eigenvalue weighted by molar-refractivity contribution is 6.46. The number of amides is 1. The fourth-order valence-electron chi connectivity index (χ4n) is 4.20. The van der Waals surface area contributed by atoms with E-state index in [2.05, 4.69) is 0 Å². The molecule has 2 aliphatic heterocycles. The van der Waals surface area contributed by atoms with E-state index in [-0.39, 0.29) is 36.3 Å². The molecule has 2 N–H and O–H groups in total. The lowest BCUT2D eigenvalue weighted by molar-refractivity contribution is -0.140. The number of phenolic OH excluding ortho intramolecular Hbond substituents is 1. The van der Waals surface area contributed by atoms with Crippen LogP contribution >= 0.6 is 0 Å². The van der Waals surface area contributed by atoms with E-state index in [4.69, 9.17) is 9.47 Å². The van der Waals surface area contributed by atoms with E-state index in [0.29, 0.717) is 17.7 Å². The van der Waals surface area contributed by atoms with Gasteiger partial charge in [0.2, 0.25) is 0 Å². The molecule has 0 spiro atoms. The molecule has 4 rings (SSSR count). The summed E-state index contributed by atoms with van der Waals surface area (Å²) in [7, 11) is 0. The van der Waals surface area contributed by atoms with Crippen LogP contribution in [0.3, 0.4) is 0 Å². The maximum Gasteiger partial charge on any atom is 0.295 e. The summed E-state index contributed by atoms with van der Waals surface area (Å²) in [6, 6.07) is 10.8. The van der Waals surface area contributed by atoms with Crippen molar-refractivity contribution < 1.29 is 29.3 Å². The summed E-state index contributed by atoms with van der Waals surface area (Å²) in [5.74, 6) is -0.915. The Morgan fingerprint density at radius 3 is 2.78 bits per heavy atom. The number of fused-ring (bicyclic) bond motifs is 1. The number of Topliss-reactive ketones (excluding diaryl/α,β-unsaturated/α-hetero) is 1. The van der Waals surface area contributed by atoms with E-state index >= 15 is 0 Å². The number of hydrogen-bond donors (Lipinski definition) is 2. The molecule has 0 radical (unpaired) electrons. The maximum atomic E-state index is 13.0. The van der Waals surface area contributed by atoms with Gasteiger partial charge in [0.05, 0.1) is 30.9 Å². The molecule has 0 aromatic heterocycles. The lowest BCUT2D eigenvalue weighted by Gasteiger charge is -2.26. The van der Waals surface area contributed by atoms with Crippen LogP contribution < -0.4 is 4.74 Å². The second-order valence-electron chi connectivity index (χ2n) is 8.28. The van der Waals surface area contributed by atoms with Crippen LogP contribution in [0.2, 0.25) is 0 Å². The van der Waals surface area contributed by atoms with Gasteiger partial charge in [0.25, 0.3) is 11.7 Å². The van der Waals surface area contributed by atoms with Crippen LogP contribution in [0.15, 0.2) is 48.0 Å². The summed E-state index contributed by atoms with van der Waals surface area (Å²) in [6.07, 6.45) is 1.66. The number of aliphatic hydroxyl groups excluding tert-OH is 1. The van der Waals surface area contributed by atoms with Gasteiger partial charge in [-0.25, -0.2) is 0 Å². The number of aromatic hydroxyl groups is 1. The van der Waals surface area contributed by atoms with Crippen LogP contribution in [0.1, 0.15) is 43.0 Å². The van der Waals surface area contributed by atoms with Gasteiger partial charge >= 0.3 is 0 Å². The lowest BCUT2D eigenvalue weighted by atomic mass is 9.94. The Morgan fingerprint density at radius 1 is 1.22 bits per heavy atom. The lowest BCUT2D eigenvalue weighted by Crippen LogP contribution is -2.33. The Balaban J connectivity index is 1.79. The number of likely N-dealkylation sites (tertiary alicyclic amines) is 1. The Morgan fingerprint density at radius 2 is 2.03 bits per heavy atom. The molecule has 2 aromatic carbocycles. The number of rotatable bonds is 6. The van der Waals surface area contributed by atoms with Crippen molar-refractivity contribution in [2.24, 2.45) is 0 Å². The largest absolute Gasteiger partial charge is 0.508 e. The minimum absolute atomic E-state index is 0.00169. The monoisotopic (exact) mass is 437 g/mol. The summed E-state index contributed by atoms with van der Waals surface area (Å²) >= 11 is 0. The molecule has 2 heterocycles. The molecule has 1 atom stereocenters. The molecule has 32 heavy (non-hydrogen) atoms. The first-order valence-electron chi connectivity index (χ1n) is 10.8. The molecule has 0 bridgehead atoms. The molecule has 2 aliphatic rings. The van der Waals surface area contributed by atoms with Crippen molar-refractivity contribution in [3.8, 4) is 11.5 Å². The van der Waals surface area contributed by atoms with Crippen LogP contribution in [0.25, 0.3) is 5.76 Å². The van der Waals surface area contributed by atoms with E-state index < -0.39 is 17.7 Å². The van der Waals surface area contributed by atoms with Gasteiger partial charge in [-0.05, 0) is 68.1 Å². The maximum absolute atomic E-state index is 13.0. The Kier molecular flexibility index (Phi) is 6.19. The highest BCUT2D eigenvalue weighted by Gasteiger charge is 2.46. The number of hydrogen-bond acceptors (Lipinski definition) is 6. The molecule has 7 heteroatoms. The third-order valence-electron chi connectivity index (χ3n) is 5.69. The zero-order valence-electron chi connectivity index (χ0n) is 18.2. The predicted molar refractivity (Wildman–Crippen MR) is 118 cm³/mol. The molecule has 1 unspecified atom stereocenters. The minimum atomic E-state index is -0.829. The zero-order valence-corrected chi connectivity index (χ0v) is 18.2. The van der Waals surface area contributed by atoms with E-state index in [1.54, 1.807) is 30.3 Å². The first-order chi connectivity index (χ1) is 15.4. The average molecular weight is 437 g/mol. The number of benzene rings is 2. The SMILES string of the molecule is CC(C)OCCN1C(=O)C(=O)/C(=C(\O)c2ccc3c(c2)CCCO3)C1c1cccc(O)c1. The molecule has 0 aliphatic carbocycles. The fourth-order valence-corrected chi connectivity index (χ4v) is 4.20. The third-order valence-corrected chi connectivity index (χ3v) is 5.69. The van der Waals surface area contributed by atoms with Crippen LogP contribution in [0.5, 0.6) is 11.5 Å². The van der Waals surface area contributed by atoms with Gasteiger partial charge in [0.1, 0.15) is 17.3 Å². The molecule has 168 valence electrons. The van der Waals surface area contributed by atoms with E-state index in [9.17, 15) is 19.8 Å². The summed E-state index contributed by atoms with van der Waals surface area (Å²) < 4.78 is 11.2. The van der Waals surface area contributed by atoms with Gasteiger partial charge in [-0.3, -0.25) is 9.59 Å². The molecule has 2 aromatic rings. The normalized spacial score (nSPS) is 19.8. The molecular weight excluding hydrogens is 410 g/mol. The number of carbonyl (C=O) groups is 2. The number of aryl methyl sites for hydroxylation is 1. The van der Waals surface area contributed by atoms with Crippen molar-refractivity contribution in [2.75, 3.05) is 19.8 Å². The average Bonchev–Trinajstić information content (AvgIpc) is 3.03. The van der Waals surface area contributed by atoms with Gasteiger partial charge < -0.3 is 24.6 Å². The van der Waals surface area contributed by atoms with Gasteiger partial charge in [-0.2, -0.15) is 0 Å². The number of ether oxygens (including phenoxy) is 2. The molecular formula is C25H27NO6. The molecule has 7 nitrogen and oxygen atoms in total. The fraction of sp³-hybridized carbons (Fsp3) is 0.360. The second-order valence-corrected chi connectivity index (χ2v) is 8.28. The summed E-state index contributed by atoms with van der Waals surface area (Å²) in [5.41, 5.74) is 1.95. The van der Waals surface area contributed by atoms with Gasteiger partial charge in [-0.1, -0.05) is 12.1 Å². The molecule has 1 amide bonds. The molecule has 1 saturated heterocycles. The zero-order chi connectivity index (χ0) is 22.8. The van der Waals surface area contributed by atoms with E-state index in [1.165, 1.54) is 17.0 Å². The van der Waals surface area contributed by atoms with Crippen molar-refractivity contribution in [3.05, 3.63) is 64.7 Å². The van der Waals surface area contributed by atoms with Gasteiger partial charge in [0, 0.05) is 12.1 Å². The quantitative estimate of drug-likeness (QED) is 0.408. The second kappa shape index (κ2) is 9.04. The Labute approximate surface area is 186 Å². The van der Waals surface area contributed by atoms with Crippen molar-refractivity contribution in [1.29, 1.82) is 0 Å². The number of nitrogens with zero attached hydrogens (tertiary/aromatic N) is 1. The molecule has 0 saturated carbocycles. The van der Waals surface area contributed by atoms with Gasteiger partial charge in [-0.15, -0.1) is 0 Å². The number of carbonyl (C=O) groups excluding carboxylic acids is 2. The van der Waals surface area contributed by atoms with E-state index in [1.807, 2.05) is 13.8 Å². The summed E-state index contributed by atoms with van der Waals surface area (Å²) in [5, 5.41) is 21.2. The van der Waals surface area contributed by atoms with Crippen molar-refractivity contribution >= 4 is 17.4 Å². The Hall–Kier alpha value is -3.32. The predicted octanol–water partition coefficient (Wildman–Crippen LogP) is 3.56. The summed E-state index contributed by atoms with van der Waals surface area (Å²) in [6.45, 7) is 4.86. The smallest absolute Gasteiger partial charge is 0.295 e. The number of phenols is 1. The van der Waals surface area contributed by atoms with E-state index in [0.717, 1.165) is 24.2 Å². The molecule has 1 fully saturated rings. The number of ketones is 1. The van der Waals surface area contributed by atoms with Crippen LogP contribution in [0, 0.1) is 0 Å². The number of aliphatic hydroxyl groups is 1. The standard InChI is InChI=1S/C25H27NO6/c1-15(2)31-12-10-26-22(17-5-3-7-19(27)14-17)21(24(29)25(26)30)23(28)18-8-9-20-16(13-18)6-4-11-32-20/h3,5,7-9,13-15,22,27-28H,4,6,10-12H2,1-2H3/b23-21-. The van der Waals surface area contributed by atoms with Crippen molar-refractivity contribution in [2.45, 2.75) is 38.8 Å². The minimum Gasteiger partial charge on any atom is -0.508 e. The van der Waals surface area contributed by atoms with Crippen molar-refractivity contribution in [1.82, 2.24) is 4.90 Å². The van der Waals surface area contributed by atoms with Gasteiger partial charge in [0.15, 0.2) is 0 Å². The first-order valence-corrected chi connectivity index (χ1v) is 10.8. The topological polar surface area (TPSA) is 96.3 Å². The Bertz CT molecular complexity index is 1070. The van der Waals surface area contributed by atoms with Crippen molar-refractivity contribution in [3.63, 3.8) is 0 Å². The first kappa shape index (κ1) is 21.9. The third kappa shape index (κ3) is 4.21. The summed E-state index contributed by atoms with van der Waals surface area (Å²) in [4.78, 5) is 27.4. The highest BCUT2D eigenvalue weighted by atomic mass is 16.5. The van der Waals surface area contributed by atoms with Crippen LogP contribution in [-0.2, 0) is 20.7 Å². The highest BCUT2D eigenvalue weighted by Crippen LogP contribution is 2.40. The van der Waals surface area contributed by atoms with Crippen LogP contribution in [0.4, 0.5) is 0 Å². The van der Waals surface area contributed by atoms with Crippen LogP contribution in [-0.4, -0.2) is 52.7 Å².